The normalized spacial score (nSPS) is 13.5. The summed E-state index contributed by atoms with van der Waals surface area (Å²) in [6.07, 6.45) is 0. The molecule has 30 heavy (non-hydrogen) atoms. The molecule has 2 heterocycles. The number of carbonyl (C=O) groups is 3. The Bertz CT molecular complexity index is 985. The Morgan fingerprint density at radius 2 is 1.97 bits per heavy atom. The predicted molar refractivity (Wildman–Crippen MR) is 108 cm³/mol. The minimum absolute atomic E-state index is 0.0205. The average molecular weight is 434 g/mol. The molecule has 0 aliphatic carbocycles. The van der Waals surface area contributed by atoms with Gasteiger partial charge < -0.3 is 25.4 Å². The third-order valence-corrected chi connectivity index (χ3v) is 5.11. The Hall–Kier alpha value is -3.51. The standard InChI is InChI=1S/C18H18N4O7S/c19-16(24)12-3-8-30-17(12)20-15(23)10-29-18(25)13-9-11(22(26)27)1-2-14(13)21-4-6-28-7-5-21/h1-3,8-9H,4-7,10H2,(H2,19,24)(H,20,23). The molecule has 1 saturated heterocycles. The fourth-order valence-electron chi connectivity index (χ4n) is 2.85. The predicted octanol–water partition coefficient (Wildman–Crippen LogP) is 1.39. The molecule has 0 bridgehead atoms. The van der Waals surface area contributed by atoms with Crippen LogP contribution in [0.15, 0.2) is 29.6 Å². The van der Waals surface area contributed by atoms with Gasteiger partial charge in [0, 0.05) is 25.2 Å². The van der Waals surface area contributed by atoms with Gasteiger partial charge in [-0.1, -0.05) is 0 Å². The minimum atomic E-state index is -0.878. The molecule has 3 rings (SSSR count). The summed E-state index contributed by atoms with van der Waals surface area (Å²) in [6.45, 7) is 1.29. The molecule has 0 unspecified atom stereocenters. The quantitative estimate of drug-likeness (QED) is 0.376. The van der Waals surface area contributed by atoms with E-state index in [-0.39, 0.29) is 21.8 Å². The number of non-ortho nitro benzene ring substituents is 1. The first kappa shape index (κ1) is 21.2. The van der Waals surface area contributed by atoms with Crippen LogP contribution in [0.3, 0.4) is 0 Å². The molecule has 2 aromatic rings. The largest absolute Gasteiger partial charge is 0.452 e. The van der Waals surface area contributed by atoms with E-state index in [0.717, 1.165) is 17.4 Å². The fraction of sp³-hybridized carbons (Fsp3) is 0.278. The summed E-state index contributed by atoms with van der Waals surface area (Å²) in [6, 6.07) is 5.36. The molecule has 11 nitrogen and oxygen atoms in total. The number of ether oxygens (including phenoxy) is 2. The Kier molecular flexibility index (Phi) is 6.59. The fourth-order valence-corrected chi connectivity index (χ4v) is 3.66. The molecule has 1 aliphatic heterocycles. The van der Waals surface area contributed by atoms with E-state index in [2.05, 4.69) is 5.32 Å². The van der Waals surface area contributed by atoms with Crippen LogP contribution in [0, 0.1) is 10.1 Å². The highest BCUT2D eigenvalue weighted by Crippen LogP contribution is 2.27. The van der Waals surface area contributed by atoms with Crippen LogP contribution in [0.1, 0.15) is 20.7 Å². The van der Waals surface area contributed by atoms with E-state index in [1.54, 1.807) is 5.38 Å². The summed E-state index contributed by atoms with van der Waals surface area (Å²) in [5, 5.41) is 15.4. The number of nitrogens with zero attached hydrogens (tertiary/aromatic N) is 2. The summed E-state index contributed by atoms with van der Waals surface area (Å²) in [4.78, 5) is 48.4. The van der Waals surface area contributed by atoms with Crippen LogP contribution in [-0.2, 0) is 14.3 Å². The maximum absolute atomic E-state index is 12.6. The van der Waals surface area contributed by atoms with Gasteiger partial charge in [-0.2, -0.15) is 0 Å². The molecule has 1 aromatic heterocycles. The first-order chi connectivity index (χ1) is 14.4. The topological polar surface area (TPSA) is 154 Å². The maximum atomic E-state index is 12.6. The van der Waals surface area contributed by atoms with Crippen LogP contribution in [-0.4, -0.2) is 55.6 Å². The Balaban J connectivity index is 1.72. The smallest absolute Gasteiger partial charge is 0.341 e. The molecule has 1 aliphatic rings. The summed E-state index contributed by atoms with van der Waals surface area (Å²) in [7, 11) is 0. The number of rotatable bonds is 7. The minimum Gasteiger partial charge on any atom is -0.452 e. The molecule has 1 aromatic carbocycles. The highest BCUT2D eigenvalue weighted by atomic mass is 32.1. The van der Waals surface area contributed by atoms with Gasteiger partial charge in [0.05, 0.1) is 35.0 Å². The number of nitro groups is 1. The molecule has 0 spiro atoms. The van der Waals surface area contributed by atoms with Crippen LogP contribution in [0.25, 0.3) is 0 Å². The Morgan fingerprint density at radius 3 is 2.63 bits per heavy atom. The van der Waals surface area contributed by atoms with Gasteiger partial charge in [-0.25, -0.2) is 4.79 Å². The number of carbonyl (C=O) groups excluding carboxylic acids is 3. The number of thiophene rings is 1. The van der Waals surface area contributed by atoms with Crippen molar-refractivity contribution in [3.05, 3.63) is 50.9 Å². The number of nitrogens with one attached hydrogen (secondary N) is 1. The number of primary amides is 1. The van der Waals surface area contributed by atoms with Crippen molar-refractivity contribution < 1.29 is 28.8 Å². The van der Waals surface area contributed by atoms with E-state index in [4.69, 9.17) is 15.2 Å². The Labute approximate surface area is 174 Å². The lowest BCUT2D eigenvalue weighted by Gasteiger charge is -2.30. The lowest BCUT2D eigenvalue weighted by Crippen LogP contribution is -2.37. The maximum Gasteiger partial charge on any atom is 0.341 e. The number of nitrogens with two attached hydrogens (primary N) is 1. The molecule has 12 heteroatoms. The van der Waals surface area contributed by atoms with E-state index in [9.17, 15) is 24.5 Å². The number of esters is 1. The van der Waals surface area contributed by atoms with Gasteiger partial charge in [-0.15, -0.1) is 11.3 Å². The number of benzene rings is 1. The first-order valence-electron chi connectivity index (χ1n) is 8.82. The van der Waals surface area contributed by atoms with Gasteiger partial charge in [0.15, 0.2) is 6.61 Å². The van der Waals surface area contributed by atoms with Crippen molar-refractivity contribution in [3.63, 3.8) is 0 Å². The van der Waals surface area contributed by atoms with Crippen LogP contribution in [0.4, 0.5) is 16.4 Å². The average Bonchev–Trinajstić information content (AvgIpc) is 3.20. The van der Waals surface area contributed by atoms with Crippen molar-refractivity contribution in [3.8, 4) is 0 Å². The van der Waals surface area contributed by atoms with Crippen molar-refractivity contribution in [1.82, 2.24) is 0 Å². The monoisotopic (exact) mass is 434 g/mol. The van der Waals surface area contributed by atoms with Crippen molar-refractivity contribution in [2.75, 3.05) is 43.1 Å². The van der Waals surface area contributed by atoms with Gasteiger partial charge in [0.2, 0.25) is 0 Å². The van der Waals surface area contributed by atoms with E-state index < -0.39 is 29.3 Å². The second-order valence-corrected chi connectivity index (χ2v) is 7.13. The Morgan fingerprint density at radius 1 is 1.23 bits per heavy atom. The molecule has 158 valence electrons. The molecular formula is C18H18N4O7S. The van der Waals surface area contributed by atoms with E-state index in [1.807, 2.05) is 4.90 Å². The lowest BCUT2D eigenvalue weighted by atomic mass is 10.1. The van der Waals surface area contributed by atoms with E-state index >= 15 is 0 Å². The van der Waals surface area contributed by atoms with E-state index in [1.165, 1.54) is 18.2 Å². The molecule has 0 saturated carbocycles. The highest BCUT2D eigenvalue weighted by Gasteiger charge is 2.24. The van der Waals surface area contributed by atoms with Crippen molar-refractivity contribution >= 4 is 45.5 Å². The SMILES string of the molecule is NC(=O)c1ccsc1NC(=O)COC(=O)c1cc([N+](=O)[O-])ccc1N1CCOCC1. The summed E-state index contributed by atoms with van der Waals surface area (Å²) in [5.41, 5.74) is 5.54. The van der Waals surface area contributed by atoms with Gasteiger partial charge in [-0.05, 0) is 17.5 Å². The number of morpholine rings is 1. The first-order valence-corrected chi connectivity index (χ1v) is 9.70. The van der Waals surface area contributed by atoms with Crippen molar-refractivity contribution in [1.29, 1.82) is 0 Å². The van der Waals surface area contributed by atoms with Crippen molar-refractivity contribution in [2.45, 2.75) is 0 Å². The van der Waals surface area contributed by atoms with Crippen LogP contribution < -0.4 is 16.0 Å². The van der Waals surface area contributed by atoms with Gasteiger partial charge >= 0.3 is 5.97 Å². The van der Waals surface area contributed by atoms with Crippen molar-refractivity contribution in [2.24, 2.45) is 5.73 Å². The number of anilines is 2. The number of hydrogen-bond donors (Lipinski definition) is 2. The highest BCUT2D eigenvalue weighted by molar-refractivity contribution is 7.14. The second-order valence-electron chi connectivity index (χ2n) is 6.21. The van der Waals surface area contributed by atoms with Crippen LogP contribution in [0.2, 0.25) is 0 Å². The third-order valence-electron chi connectivity index (χ3n) is 4.28. The second kappa shape index (κ2) is 9.33. The van der Waals surface area contributed by atoms with Crippen LogP contribution >= 0.6 is 11.3 Å². The molecule has 0 radical (unpaired) electrons. The zero-order chi connectivity index (χ0) is 21.7. The summed E-state index contributed by atoms with van der Waals surface area (Å²) >= 11 is 1.10. The number of amides is 2. The molecular weight excluding hydrogens is 416 g/mol. The summed E-state index contributed by atoms with van der Waals surface area (Å²) in [5.74, 6) is -2.25. The van der Waals surface area contributed by atoms with Crippen LogP contribution in [0.5, 0.6) is 0 Å². The molecule has 2 amide bonds. The van der Waals surface area contributed by atoms with Gasteiger partial charge in [0.25, 0.3) is 17.5 Å². The molecule has 1 fully saturated rings. The number of hydrogen-bond acceptors (Lipinski definition) is 9. The summed E-state index contributed by atoms with van der Waals surface area (Å²) < 4.78 is 10.4. The lowest BCUT2D eigenvalue weighted by molar-refractivity contribution is -0.384. The number of nitro benzene ring substituents is 1. The third kappa shape index (κ3) is 4.90. The zero-order valence-corrected chi connectivity index (χ0v) is 16.5. The van der Waals surface area contributed by atoms with Gasteiger partial charge in [-0.3, -0.25) is 19.7 Å². The van der Waals surface area contributed by atoms with Gasteiger partial charge in [0.1, 0.15) is 5.00 Å². The molecule has 0 atom stereocenters. The van der Waals surface area contributed by atoms with E-state index in [0.29, 0.717) is 32.0 Å². The zero-order valence-electron chi connectivity index (χ0n) is 15.7. The molecule has 3 N–H and O–H groups in total.